The van der Waals surface area contributed by atoms with Gasteiger partial charge in [0.2, 0.25) is 0 Å². The molecule has 3 fully saturated rings. The highest BCUT2D eigenvalue weighted by Gasteiger charge is 2.58. The number of ether oxygens (including phenoxy) is 2. The molecule has 3 heterocycles. The largest absolute Gasteiger partial charge is 0.394 e. The summed E-state index contributed by atoms with van der Waals surface area (Å²) in [4.78, 5) is 1.27. The normalized spacial score (nSPS) is 55.8. The van der Waals surface area contributed by atoms with Crippen LogP contribution in [0.3, 0.4) is 0 Å². The lowest BCUT2D eigenvalue weighted by Gasteiger charge is -2.40. The minimum absolute atomic E-state index is 0.0594. The Morgan fingerprint density at radius 3 is 2.08 bits per heavy atom. The first-order valence-electron chi connectivity index (χ1n) is 7.72. The van der Waals surface area contributed by atoms with Gasteiger partial charge in [0.05, 0.1) is 18.8 Å². The van der Waals surface area contributed by atoms with Crippen molar-refractivity contribution in [3.63, 3.8) is 0 Å². The van der Waals surface area contributed by atoms with Gasteiger partial charge in [-0.2, -0.15) is 0 Å². The van der Waals surface area contributed by atoms with Crippen molar-refractivity contribution in [2.24, 2.45) is 0 Å². The Labute approximate surface area is 136 Å². The Balaban J connectivity index is 1.69. The Morgan fingerprint density at radius 2 is 1.50 bits per heavy atom. The summed E-state index contributed by atoms with van der Waals surface area (Å²) in [5.74, 6) is 0. The molecule has 0 aliphatic carbocycles. The van der Waals surface area contributed by atoms with Gasteiger partial charge < -0.3 is 50.3 Å². The highest BCUT2D eigenvalue weighted by Crippen LogP contribution is 2.35. The summed E-state index contributed by atoms with van der Waals surface area (Å²) in [6.07, 6.45) is -13.8. The topological polar surface area (TPSA) is 184 Å². The van der Waals surface area contributed by atoms with E-state index in [0.717, 1.165) is 0 Å². The van der Waals surface area contributed by atoms with E-state index in [2.05, 4.69) is 0 Å². The molecule has 11 nitrogen and oxygen atoms in total. The Bertz CT molecular complexity index is 452. The van der Waals surface area contributed by atoms with Crippen molar-refractivity contribution in [2.75, 3.05) is 13.2 Å². The monoisotopic (exact) mass is 353 g/mol. The summed E-state index contributed by atoms with van der Waals surface area (Å²) in [6.45, 7) is -0.674. The molecule has 0 radical (unpaired) electrons. The van der Waals surface area contributed by atoms with Gasteiger partial charge in [0.25, 0.3) is 0 Å². The molecule has 11 heteroatoms. The van der Waals surface area contributed by atoms with E-state index in [1.807, 2.05) is 0 Å². The second-order valence-corrected chi connectivity index (χ2v) is 6.44. The Hall–Kier alpha value is -0.440. The highest BCUT2D eigenvalue weighted by atomic mass is 16.7. The Morgan fingerprint density at radius 1 is 0.833 bits per heavy atom. The van der Waals surface area contributed by atoms with Crippen LogP contribution in [0, 0.1) is 0 Å². The van der Waals surface area contributed by atoms with Gasteiger partial charge in [-0.3, -0.25) is 4.90 Å². The number of hydrogen-bond acceptors (Lipinski definition) is 11. The van der Waals surface area contributed by atoms with Crippen LogP contribution in [-0.2, 0) is 9.47 Å². The molecule has 3 rings (SSSR count). The third-order valence-corrected chi connectivity index (χ3v) is 5.01. The predicted molar refractivity (Wildman–Crippen MR) is 73.2 cm³/mol. The van der Waals surface area contributed by atoms with Crippen molar-refractivity contribution in [2.45, 2.75) is 67.4 Å². The Kier molecular flexibility index (Phi) is 5.12. The number of nitrogens with zero attached hydrogens (tertiary/aromatic N) is 1. The lowest BCUT2D eigenvalue weighted by molar-refractivity contribution is -0.315. The van der Waals surface area contributed by atoms with Crippen LogP contribution in [0.1, 0.15) is 0 Å². The zero-order chi connectivity index (χ0) is 17.8. The molecular formula is C13H23NO10. The van der Waals surface area contributed by atoms with Crippen molar-refractivity contribution >= 4 is 0 Å². The molecule has 0 aromatic heterocycles. The zero-order valence-electron chi connectivity index (χ0n) is 12.6. The third kappa shape index (κ3) is 2.75. The summed E-state index contributed by atoms with van der Waals surface area (Å²) >= 11 is 0. The summed E-state index contributed by atoms with van der Waals surface area (Å²) in [5.41, 5.74) is 0. The lowest BCUT2D eigenvalue weighted by Crippen LogP contribution is -2.60. The molecule has 0 amide bonds. The third-order valence-electron chi connectivity index (χ3n) is 5.01. The van der Waals surface area contributed by atoms with Gasteiger partial charge in [-0.1, -0.05) is 0 Å². The minimum Gasteiger partial charge on any atom is -0.394 e. The fourth-order valence-electron chi connectivity index (χ4n) is 3.59. The van der Waals surface area contributed by atoms with E-state index in [9.17, 15) is 35.7 Å². The minimum atomic E-state index is -1.62. The van der Waals surface area contributed by atoms with Crippen LogP contribution in [0.15, 0.2) is 0 Å². The molecule has 0 bridgehead atoms. The van der Waals surface area contributed by atoms with Crippen LogP contribution in [-0.4, -0.2) is 126 Å². The molecule has 0 aromatic rings. The van der Waals surface area contributed by atoms with E-state index in [1.165, 1.54) is 4.90 Å². The average molecular weight is 353 g/mol. The fourth-order valence-corrected chi connectivity index (χ4v) is 3.59. The molecule has 0 spiro atoms. The summed E-state index contributed by atoms with van der Waals surface area (Å²) in [5, 5.41) is 78.2. The summed E-state index contributed by atoms with van der Waals surface area (Å²) in [7, 11) is 0. The number of aliphatic hydroxyl groups excluding tert-OH is 8. The van der Waals surface area contributed by atoms with E-state index < -0.39 is 74.0 Å². The van der Waals surface area contributed by atoms with Gasteiger partial charge in [-0.05, 0) is 0 Å². The molecule has 0 aromatic carbocycles. The van der Waals surface area contributed by atoms with Crippen LogP contribution in [0.4, 0.5) is 0 Å². The van der Waals surface area contributed by atoms with Crippen LogP contribution in [0.5, 0.6) is 0 Å². The molecule has 8 N–H and O–H groups in total. The zero-order valence-corrected chi connectivity index (χ0v) is 12.6. The number of rotatable bonds is 3. The van der Waals surface area contributed by atoms with Crippen LogP contribution in [0.2, 0.25) is 0 Å². The molecule has 0 saturated carbocycles. The van der Waals surface area contributed by atoms with Crippen LogP contribution < -0.4 is 0 Å². The molecular weight excluding hydrogens is 330 g/mol. The average Bonchev–Trinajstić information content (AvgIpc) is 2.99. The van der Waals surface area contributed by atoms with Gasteiger partial charge in [0.1, 0.15) is 49.0 Å². The molecule has 3 aliphatic rings. The van der Waals surface area contributed by atoms with Crippen LogP contribution >= 0.6 is 0 Å². The first-order valence-corrected chi connectivity index (χ1v) is 7.72. The maximum atomic E-state index is 10.3. The van der Waals surface area contributed by atoms with E-state index in [1.54, 1.807) is 0 Å². The van der Waals surface area contributed by atoms with Crippen LogP contribution in [0.25, 0.3) is 0 Å². The second kappa shape index (κ2) is 6.70. The molecule has 11 atom stereocenters. The van der Waals surface area contributed by atoms with E-state index in [4.69, 9.17) is 14.6 Å². The maximum Gasteiger partial charge on any atom is 0.187 e. The van der Waals surface area contributed by atoms with Crippen molar-refractivity contribution in [1.82, 2.24) is 4.90 Å². The van der Waals surface area contributed by atoms with Crippen molar-refractivity contribution in [3.8, 4) is 0 Å². The van der Waals surface area contributed by atoms with Crippen molar-refractivity contribution in [3.05, 3.63) is 0 Å². The number of aliphatic hydroxyl groups is 8. The first-order chi connectivity index (χ1) is 11.3. The van der Waals surface area contributed by atoms with E-state index in [0.29, 0.717) is 0 Å². The smallest absolute Gasteiger partial charge is 0.187 e. The fraction of sp³-hybridized carbons (Fsp3) is 1.00. The highest BCUT2D eigenvalue weighted by molar-refractivity contribution is 5.08. The summed E-state index contributed by atoms with van der Waals surface area (Å²) in [6, 6.07) is -0.954. The van der Waals surface area contributed by atoms with E-state index in [-0.39, 0.29) is 6.54 Å². The van der Waals surface area contributed by atoms with Gasteiger partial charge >= 0.3 is 0 Å². The molecule has 3 saturated heterocycles. The molecule has 3 aliphatic heterocycles. The predicted octanol–water partition coefficient (Wildman–Crippen LogP) is -5.73. The second-order valence-electron chi connectivity index (χ2n) is 6.44. The van der Waals surface area contributed by atoms with Gasteiger partial charge in [0.15, 0.2) is 6.29 Å². The number of hydrogen-bond donors (Lipinski definition) is 8. The number of fused-ring (bicyclic) bond motifs is 1. The van der Waals surface area contributed by atoms with Gasteiger partial charge in [0, 0.05) is 6.54 Å². The lowest BCUT2D eigenvalue weighted by atomic mass is 9.99. The maximum absolute atomic E-state index is 10.3. The standard InChI is InChI=1S/C13H23NO10/c15-2-4-7(17)9(19)11(21)13(24-4)23-3-1-14-5(6(3)16)8(18)10(20)12(14)22/h3-13,15-22H,1-2H2/t3-,4?,5+,6?,7?,8+,9?,10-,11?,12+,13?/m0/s1. The van der Waals surface area contributed by atoms with E-state index >= 15 is 0 Å². The quantitative estimate of drug-likeness (QED) is 0.242. The molecule has 6 unspecified atom stereocenters. The van der Waals surface area contributed by atoms with Gasteiger partial charge in [-0.25, -0.2) is 0 Å². The first kappa shape index (κ1) is 18.4. The molecule has 24 heavy (non-hydrogen) atoms. The SMILES string of the molecule is OCC1OC(O[C@H]2CN3[C@H](O)[C@@H](O)[C@H](O)[C@H]3C2O)C(O)C(O)C1O. The molecule has 140 valence electrons. The van der Waals surface area contributed by atoms with Crippen molar-refractivity contribution in [1.29, 1.82) is 0 Å². The van der Waals surface area contributed by atoms with Gasteiger partial charge in [-0.15, -0.1) is 0 Å². The van der Waals surface area contributed by atoms with Crippen molar-refractivity contribution < 1.29 is 50.3 Å². The summed E-state index contributed by atoms with van der Waals surface area (Å²) < 4.78 is 10.6.